The fraction of sp³-hybridized carbons (Fsp3) is 0.429. The molecule has 1 unspecified atom stereocenters. The zero-order valence-electron chi connectivity index (χ0n) is 21.9. The molecule has 1 heterocycles. The molecule has 9 nitrogen and oxygen atoms in total. The van der Waals surface area contributed by atoms with Crippen molar-refractivity contribution in [3.05, 3.63) is 70.0 Å². The third-order valence-electron chi connectivity index (χ3n) is 7.52. The highest BCUT2D eigenvalue weighted by atomic mass is 35.5. The van der Waals surface area contributed by atoms with Crippen molar-refractivity contribution in [3.63, 3.8) is 0 Å². The predicted octanol–water partition coefficient (Wildman–Crippen LogP) is 3.78. The molecule has 1 aliphatic heterocycles. The average molecular weight is 558 g/mol. The summed E-state index contributed by atoms with van der Waals surface area (Å²) in [6.07, 6.45) is 2.83. The van der Waals surface area contributed by atoms with Crippen molar-refractivity contribution in [2.45, 2.75) is 50.2 Å². The van der Waals surface area contributed by atoms with Crippen LogP contribution in [0.25, 0.3) is 0 Å². The minimum absolute atomic E-state index is 0.0509. The maximum atomic E-state index is 15.2. The molecule has 1 aliphatic carbocycles. The number of ether oxygens (including phenoxy) is 1. The average Bonchev–Trinajstić information content (AvgIpc) is 2.93. The van der Waals surface area contributed by atoms with E-state index in [1.54, 1.807) is 30.3 Å². The number of aliphatic hydroxyl groups is 1. The number of amidine groups is 1. The van der Waals surface area contributed by atoms with Gasteiger partial charge in [-0.3, -0.25) is 14.8 Å². The number of hydrogen-bond donors (Lipinski definition) is 4. The van der Waals surface area contributed by atoms with E-state index in [1.165, 1.54) is 19.2 Å². The monoisotopic (exact) mass is 557 g/mol. The summed E-state index contributed by atoms with van der Waals surface area (Å²) in [6, 6.07) is 10.2. The molecule has 5 N–H and O–H groups in total. The van der Waals surface area contributed by atoms with Crippen molar-refractivity contribution in [2.24, 2.45) is 21.6 Å². The Labute approximate surface area is 231 Å². The van der Waals surface area contributed by atoms with Gasteiger partial charge in [0.1, 0.15) is 17.4 Å². The van der Waals surface area contributed by atoms with Gasteiger partial charge in [0, 0.05) is 16.6 Å². The molecule has 2 atom stereocenters. The lowest BCUT2D eigenvalue weighted by molar-refractivity contribution is 0.0912. The van der Waals surface area contributed by atoms with Gasteiger partial charge in [-0.25, -0.2) is 9.18 Å². The predicted molar refractivity (Wildman–Crippen MR) is 148 cm³/mol. The molecule has 11 heteroatoms. The van der Waals surface area contributed by atoms with Gasteiger partial charge in [-0.2, -0.15) is 0 Å². The van der Waals surface area contributed by atoms with Crippen LogP contribution in [0.15, 0.2) is 52.4 Å². The minimum Gasteiger partial charge on any atom is -0.453 e. The molecule has 2 aromatic rings. The van der Waals surface area contributed by atoms with E-state index in [2.05, 4.69) is 15.6 Å². The third kappa shape index (κ3) is 6.57. The molecule has 2 aliphatic rings. The first-order valence-corrected chi connectivity index (χ1v) is 13.2. The number of aliphatic hydroxyl groups excluding tert-OH is 1. The summed E-state index contributed by atoms with van der Waals surface area (Å²) in [5.74, 6) is -0.999. The normalized spacial score (nSPS) is 23.7. The van der Waals surface area contributed by atoms with Gasteiger partial charge in [-0.1, -0.05) is 29.8 Å². The van der Waals surface area contributed by atoms with Gasteiger partial charge in [0.2, 0.25) is 0 Å². The van der Waals surface area contributed by atoms with E-state index in [-0.39, 0.29) is 30.0 Å². The number of amides is 2. The second-order valence-electron chi connectivity index (χ2n) is 10.2. The van der Waals surface area contributed by atoms with Gasteiger partial charge in [-0.05, 0) is 68.4 Å². The molecule has 0 spiro atoms. The highest BCUT2D eigenvalue weighted by molar-refractivity contribution is 6.47. The van der Waals surface area contributed by atoms with Crippen LogP contribution in [0.5, 0.6) is 0 Å². The second kappa shape index (κ2) is 12.1. The van der Waals surface area contributed by atoms with Gasteiger partial charge in [0.25, 0.3) is 5.91 Å². The Morgan fingerprint density at radius 1 is 1.23 bits per heavy atom. The summed E-state index contributed by atoms with van der Waals surface area (Å²) in [5.41, 5.74) is 6.88. The first kappa shape index (κ1) is 28.5. The van der Waals surface area contributed by atoms with E-state index in [0.29, 0.717) is 28.4 Å². The Morgan fingerprint density at radius 2 is 1.97 bits per heavy atom. The number of carbonyl (C=O) groups is 2. The highest BCUT2D eigenvalue weighted by Gasteiger charge is 2.39. The first-order chi connectivity index (χ1) is 18.6. The number of aliphatic imine (C=N–C) groups is 2. The Morgan fingerprint density at radius 3 is 2.62 bits per heavy atom. The molecule has 0 bridgehead atoms. The van der Waals surface area contributed by atoms with Crippen LogP contribution >= 0.6 is 11.6 Å². The van der Waals surface area contributed by atoms with Crippen LogP contribution in [0.4, 0.5) is 9.18 Å². The zero-order valence-corrected chi connectivity index (χ0v) is 22.7. The van der Waals surface area contributed by atoms with Gasteiger partial charge in [-0.15, -0.1) is 0 Å². The number of rotatable bonds is 7. The Kier molecular flexibility index (Phi) is 8.87. The van der Waals surface area contributed by atoms with Crippen molar-refractivity contribution in [1.29, 1.82) is 0 Å². The lowest BCUT2D eigenvalue weighted by atomic mass is 9.74. The Bertz CT molecular complexity index is 1290. The van der Waals surface area contributed by atoms with Gasteiger partial charge in [0.15, 0.2) is 0 Å². The Hall–Kier alpha value is -3.50. The van der Waals surface area contributed by atoms with Crippen molar-refractivity contribution >= 4 is 35.1 Å². The largest absolute Gasteiger partial charge is 0.453 e. The lowest BCUT2D eigenvalue weighted by Crippen LogP contribution is -2.47. The number of halogens is 2. The van der Waals surface area contributed by atoms with Crippen LogP contribution in [0, 0.1) is 11.7 Å². The number of benzene rings is 2. The van der Waals surface area contributed by atoms with Crippen molar-refractivity contribution in [2.75, 3.05) is 20.3 Å². The van der Waals surface area contributed by atoms with Crippen LogP contribution in [-0.2, 0) is 4.74 Å². The van der Waals surface area contributed by atoms with Gasteiger partial charge >= 0.3 is 6.09 Å². The Balaban J connectivity index is 1.49. The molecular weight excluding hydrogens is 525 g/mol. The van der Waals surface area contributed by atoms with Crippen LogP contribution in [-0.4, -0.2) is 60.5 Å². The minimum atomic E-state index is -0.751. The summed E-state index contributed by atoms with van der Waals surface area (Å²) in [7, 11) is 1.34. The summed E-state index contributed by atoms with van der Waals surface area (Å²) >= 11 is 6.02. The second-order valence-corrected chi connectivity index (χ2v) is 10.6. The molecule has 0 aromatic heterocycles. The quantitative estimate of drug-likeness (QED) is 0.410. The van der Waals surface area contributed by atoms with E-state index in [9.17, 15) is 14.7 Å². The van der Waals surface area contributed by atoms with E-state index in [0.717, 1.165) is 25.7 Å². The van der Waals surface area contributed by atoms with Crippen molar-refractivity contribution in [3.8, 4) is 0 Å². The van der Waals surface area contributed by atoms with Crippen LogP contribution in [0.3, 0.4) is 0 Å². The van der Waals surface area contributed by atoms with Crippen molar-refractivity contribution in [1.82, 2.24) is 10.6 Å². The van der Waals surface area contributed by atoms with E-state index in [1.807, 2.05) is 6.92 Å². The van der Waals surface area contributed by atoms with Crippen LogP contribution in [0.1, 0.15) is 60.1 Å². The molecule has 208 valence electrons. The number of hydrogen-bond acceptors (Lipinski definition) is 7. The van der Waals surface area contributed by atoms with Gasteiger partial charge in [0.05, 0.1) is 37.4 Å². The first-order valence-electron chi connectivity index (χ1n) is 12.8. The molecule has 4 rings (SSSR count). The SMILES string of the molecule is COC(=O)NC1CCC(C2(C)CN=C(N)C(c3ccc(C(=O)N[C@H](CO)c4cccc(Cl)c4)c(F)c3)=N2)CC1. The molecule has 0 saturated heterocycles. The molecular formula is C28H33ClFN5O4. The lowest BCUT2D eigenvalue weighted by Gasteiger charge is -2.40. The summed E-state index contributed by atoms with van der Waals surface area (Å²) in [6.45, 7) is 2.05. The van der Waals surface area contributed by atoms with Crippen LogP contribution in [0.2, 0.25) is 5.02 Å². The number of nitrogens with zero attached hydrogens (tertiary/aromatic N) is 2. The molecule has 1 fully saturated rings. The summed E-state index contributed by atoms with van der Waals surface area (Å²) in [4.78, 5) is 33.9. The van der Waals surface area contributed by atoms with E-state index < -0.39 is 29.4 Å². The van der Waals surface area contributed by atoms with E-state index in [4.69, 9.17) is 27.1 Å². The fourth-order valence-electron chi connectivity index (χ4n) is 5.23. The third-order valence-corrected chi connectivity index (χ3v) is 7.75. The van der Waals surface area contributed by atoms with Crippen LogP contribution < -0.4 is 16.4 Å². The molecule has 2 amide bonds. The highest BCUT2D eigenvalue weighted by Crippen LogP contribution is 2.37. The fourth-order valence-corrected chi connectivity index (χ4v) is 5.43. The molecule has 39 heavy (non-hydrogen) atoms. The maximum Gasteiger partial charge on any atom is 0.407 e. The van der Waals surface area contributed by atoms with Crippen molar-refractivity contribution < 1.29 is 23.8 Å². The number of methoxy groups -OCH3 is 1. The molecule has 1 saturated carbocycles. The zero-order chi connectivity index (χ0) is 28.2. The number of carbonyl (C=O) groups excluding carboxylic acids is 2. The topological polar surface area (TPSA) is 138 Å². The molecule has 0 radical (unpaired) electrons. The standard InChI is InChI=1S/C28H33ClFN5O4/c1-28(18-7-9-20(10-8-18)33-27(38)39-2)15-32-25(31)24(35-28)17-6-11-21(22(30)13-17)26(37)34-23(14-36)16-4-3-5-19(29)12-16/h3-6,11-13,18,20,23,36H,7-10,14-15H2,1-2H3,(H2,31,32)(H,33,38)(H,34,37)/t18?,20?,23-,28?/m1/s1. The summed E-state index contributed by atoms with van der Waals surface area (Å²) < 4.78 is 19.9. The number of alkyl carbamates (subject to hydrolysis) is 1. The smallest absolute Gasteiger partial charge is 0.407 e. The van der Waals surface area contributed by atoms with E-state index >= 15 is 4.39 Å². The maximum absolute atomic E-state index is 15.2. The number of nitrogens with one attached hydrogen (secondary N) is 2. The summed E-state index contributed by atoms with van der Waals surface area (Å²) in [5, 5.41) is 15.7. The van der Waals surface area contributed by atoms with Gasteiger partial charge < -0.3 is 26.2 Å². The molecule has 2 aromatic carbocycles. The number of nitrogens with two attached hydrogens (primary N) is 1.